The van der Waals surface area contributed by atoms with Crippen molar-refractivity contribution in [3.05, 3.63) is 33.4 Å². The summed E-state index contributed by atoms with van der Waals surface area (Å²) < 4.78 is 1.49. The highest BCUT2D eigenvalue weighted by atomic mass is 16.2. The molecule has 8 nitrogen and oxygen atoms in total. The third-order valence-corrected chi connectivity index (χ3v) is 6.50. The second-order valence-corrected chi connectivity index (χ2v) is 8.48. The maximum Gasteiger partial charge on any atom is 0.277 e. The van der Waals surface area contributed by atoms with Gasteiger partial charge >= 0.3 is 0 Å². The lowest BCUT2D eigenvalue weighted by Gasteiger charge is -2.35. The van der Waals surface area contributed by atoms with Crippen LogP contribution in [0.3, 0.4) is 0 Å². The molecule has 2 aromatic rings. The predicted molar refractivity (Wildman–Crippen MR) is 106 cm³/mol. The lowest BCUT2D eigenvalue weighted by molar-refractivity contribution is -0.135. The number of aromatic nitrogens is 3. The molecule has 8 heteroatoms. The van der Waals surface area contributed by atoms with Crippen LogP contribution in [-0.4, -0.2) is 49.3 Å². The molecule has 1 N–H and O–H groups in total. The normalized spacial score (nSPS) is 22.0. The molecule has 0 bridgehead atoms. The summed E-state index contributed by atoms with van der Waals surface area (Å²) in [5.41, 5.74) is 2.74. The second kappa shape index (κ2) is 7.00. The molecule has 154 valence electrons. The number of fused-ring (bicyclic) bond motifs is 2. The Balaban J connectivity index is 1.50. The number of amides is 2. The lowest BCUT2D eigenvalue weighted by Crippen LogP contribution is -2.41. The van der Waals surface area contributed by atoms with E-state index in [2.05, 4.69) is 5.10 Å². The fourth-order valence-corrected chi connectivity index (χ4v) is 4.70. The molecule has 29 heavy (non-hydrogen) atoms. The fraction of sp³-hybridized carbons (Fsp3) is 0.619. The Morgan fingerprint density at radius 2 is 2.03 bits per heavy atom. The van der Waals surface area contributed by atoms with Gasteiger partial charge in [-0.15, -0.1) is 0 Å². The van der Waals surface area contributed by atoms with Gasteiger partial charge in [0.15, 0.2) is 5.65 Å². The van der Waals surface area contributed by atoms with Crippen LogP contribution >= 0.6 is 0 Å². The number of aromatic amines is 1. The first-order valence-electron chi connectivity index (χ1n) is 10.8. The minimum atomic E-state index is -0.131. The molecule has 1 saturated heterocycles. The molecule has 1 aliphatic carbocycles. The average molecular weight is 397 g/mol. The van der Waals surface area contributed by atoms with Gasteiger partial charge in [0.1, 0.15) is 0 Å². The number of hydrogen-bond donors (Lipinski definition) is 1. The van der Waals surface area contributed by atoms with Gasteiger partial charge in [-0.25, -0.2) is 9.50 Å². The Morgan fingerprint density at radius 3 is 2.79 bits per heavy atom. The van der Waals surface area contributed by atoms with Crippen molar-refractivity contribution in [1.29, 1.82) is 0 Å². The van der Waals surface area contributed by atoms with E-state index in [0.717, 1.165) is 50.0 Å². The summed E-state index contributed by atoms with van der Waals surface area (Å²) in [5, 5.41) is 3.22. The van der Waals surface area contributed by atoms with E-state index in [4.69, 9.17) is 4.98 Å². The van der Waals surface area contributed by atoms with Gasteiger partial charge in [-0.1, -0.05) is 6.92 Å². The van der Waals surface area contributed by atoms with Crippen molar-refractivity contribution in [3.63, 3.8) is 0 Å². The zero-order valence-electron chi connectivity index (χ0n) is 16.8. The molecule has 2 fully saturated rings. The van der Waals surface area contributed by atoms with E-state index < -0.39 is 0 Å². The van der Waals surface area contributed by atoms with Crippen molar-refractivity contribution in [3.8, 4) is 0 Å². The van der Waals surface area contributed by atoms with E-state index in [1.807, 2.05) is 22.8 Å². The number of carbonyl (C=O) groups is 2. The number of rotatable bonds is 3. The zero-order chi connectivity index (χ0) is 20.1. The molecule has 5 rings (SSSR count). The third-order valence-electron chi connectivity index (χ3n) is 6.50. The Kier molecular flexibility index (Phi) is 4.44. The molecule has 1 atom stereocenters. The van der Waals surface area contributed by atoms with Crippen LogP contribution in [0.25, 0.3) is 5.65 Å². The first-order chi connectivity index (χ1) is 14.1. The Hall–Kier alpha value is -2.64. The molecule has 1 saturated carbocycles. The highest BCUT2D eigenvalue weighted by molar-refractivity contribution is 5.81. The van der Waals surface area contributed by atoms with Crippen molar-refractivity contribution < 1.29 is 9.59 Å². The van der Waals surface area contributed by atoms with Gasteiger partial charge in [0.05, 0.1) is 29.5 Å². The topological polar surface area (TPSA) is 90.8 Å². The van der Waals surface area contributed by atoms with Crippen molar-refractivity contribution in [2.75, 3.05) is 13.1 Å². The molecule has 2 amide bonds. The van der Waals surface area contributed by atoms with E-state index in [1.54, 1.807) is 0 Å². The van der Waals surface area contributed by atoms with Crippen LogP contribution in [-0.2, 0) is 22.6 Å². The maximum absolute atomic E-state index is 13.2. The largest absolute Gasteiger partial charge is 0.337 e. The number of nitrogens with one attached hydrogen (secondary N) is 1. The molecular weight excluding hydrogens is 370 g/mol. The highest BCUT2D eigenvalue weighted by Crippen LogP contribution is 2.33. The molecule has 3 aliphatic rings. The Bertz CT molecular complexity index is 1030. The Morgan fingerprint density at radius 1 is 1.21 bits per heavy atom. The van der Waals surface area contributed by atoms with E-state index in [-0.39, 0.29) is 29.3 Å². The quantitative estimate of drug-likeness (QED) is 0.855. The van der Waals surface area contributed by atoms with E-state index in [0.29, 0.717) is 37.1 Å². The van der Waals surface area contributed by atoms with Crippen LogP contribution in [0.5, 0.6) is 0 Å². The SMILES string of the molecule is CCC(=O)N1CCCC[C@@H]1c1cc2nc3c(c(=O)n2[nH]1)CN(C(=O)C1CC1)CC3. The minimum Gasteiger partial charge on any atom is -0.337 e. The van der Waals surface area contributed by atoms with E-state index in [1.165, 1.54) is 4.52 Å². The molecule has 2 aliphatic heterocycles. The summed E-state index contributed by atoms with van der Waals surface area (Å²) in [7, 11) is 0. The van der Waals surface area contributed by atoms with E-state index >= 15 is 0 Å². The molecule has 0 radical (unpaired) electrons. The third kappa shape index (κ3) is 3.14. The number of H-pyrrole nitrogens is 1. The first kappa shape index (κ1) is 18.4. The summed E-state index contributed by atoms with van der Waals surface area (Å²) in [4.78, 5) is 46.5. The van der Waals surface area contributed by atoms with Crippen molar-refractivity contribution in [1.82, 2.24) is 24.4 Å². The van der Waals surface area contributed by atoms with E-state index in [9.17, 15) is 14.4 Å². The zero-order valence-corrected chi connectivity index (χ0v) is 16.8. The van der Waals surface area contributed by atoms with Gasteiger partial charge in [0.2, 0.25) is 11.8 Å². The lowest BCUT2D eigenvalue weighted by atomic mass is 9.99. The summed E-state index contributed by atoms with van der Waals surface area (Å²) in [5.74, 6) is 0.465. The minimum absolute atomic E-state index is 0.0396. The number of carbonyl (C=O) groups excluding carboxylic acids is 2. The Labute approximate surface area is 168 Å². The predicted octanol–water partition coefficient (Wildman–Crippen LogP) is 1.78. The number of nitrogens with zero attached hydrogens (tertiary/aromatic N) is 4. The van der Waals surface area contributed by atoms with Gasteiger partial charge in [-0.3, -0.25) is 19.5 Å². The van der Waals surface area contributed by atoms with Crippen LogP contribution in [0.15, 0.2) is 10.9 Å². The molecule has 4 heterocycles. The molecule has 2 aromatic heterocycles. The molecular formula is C21H27N5O3. The second-order valence-electron chi connectivity index (χ2n) is 8.48. The maximum atomic E-state index is 13.2. The summed E-state index contributed by atoms with van der Waals surface area (Å²) in [6.45, 7) is 3.61. The van der Waals surface area contributed by atoms with Crippen LogP contribution in [0.1, 0.15) is 68.4 Å². The number of likely N-dealkylation sites (tertiary alicyclic amines) is 1. The molecule has 0 spiro atoms. The fourth-order valence-electron chi connectivity index (χ4n) is 4.70. The molecule has 0 aromatic carbocycles. The smallest absolute Gasteiger partial charge is 0.277 e. The van der Waals surface area contributed by atoms with Crippen LogP contribution in [0.2, 0.25) is 0 Å². The highest BCUT2D eigenvalue weighted by Gasteiger charge is 2.36. The number of hydrogen-bond acceptors (Lipinski definition) is 4. The summed E-state index contributed by atoms with van der Waals surface area (Å²) in [6.07, 6.45) is 5.98. The standard InChI is InChI=1S/C21H27N5O3/c1-2-19(27)25-9-4-3-5-17(25)16-11-18-22-15-8-10-24(20(28)13-6-7-13)12-14(15)21(29)26(18)23-16/h11,13,17,23H,2-10,12H2,1H3/t17-/m1/s1. The monoisotopic (exact) mass is 397 g/mol. The van der Waals surface area contributed by atoms with Crippen LogP contribution < -0.4 is 5.56 Å². The van der Waals surface area contributed by atoms with Crippen LogP contribution in [0, 0.1) is 5.92 Å². The van der Waals surface area contributed by atoms with Crippen LogP contribution in [0.4, 0.5) is 0 Å². The van der Waals surface area contributed by atoms with Crippen molar-refractivity contribution in [2.45, 2.75) is 64.5 Å². The van der Waals surface area contributed by atoms with Gasteiger partial charge < -0.3 is 9.80 Å². The number of piperidine rings is 1. The summed E-state index contributed by atoms with van der Waals surface area (Å²) >= 11 is 0. The first-order valence-corrected chi connectivity index (χ1v) is 10.8. The van der Waals surface area contributed by atoms with Crippen molar-refractivity contribution in [2.24, 2.45) is 5.92 Å². The van der Waals surface area contributed by atoms with Gasteiger partial charge in [0.25, 0.3) is 5.56 Å². The van der Waals surface area contributed by atoms with Crippen molar-refractivity contribution >= 4 is 17.5 Å². The van der Waals surface area contributed by atoms with Gasteiger partial charge in [0, 0.05) is 37.9 Å². The van der Waals surface area contributed by atoms with Gasteiger partial charge in [-0.2, -0.15) is 0 Å². The molecule has 0 unspecified atom stereocenters. The van der Waals surface area contributed by atoms with Gasteiger partial charge in [-0.05, 0) is 32.1 Å². The average Bonchev–Trinajstić information content (AvgIpc) is 3.52. The summed E-state index contributed by atoms with van der Waals surface area (Å²) in [6, 6.07) is 1.87.